The van der Waals surface area contributed by atoms with Crippen LogP contribution in [0.2, 0.25) is 0 Å². The molecule has 0 bridgehead atoms. The number of aliphatic hydroxyl groups excluding tert-OH is 1. The van der Waals surface area contributed by atoms with Crippen LogP contribution in [0.4, 0.5) is 5.69 Å². The Morgan fingerprint density at radius 3 is 2.73 bits per heavy atom. The van der Waals surface area contributed by atoms with Crippen molar-refractivity contribution in [2.45, 2.75) is 19.4 Å². The maximum atomic E-state index is 9.79. The van der Waals surface area contributed by atoms with E-state index in [9.17, 15) is 5.11 Å². The lowest BCUT2D eigenvalue weighted by molar-refractivity contribution is 0.106. The third-order valence-corrected chi connectivity index (χ3v) is 4.83. The van der Waals surface area contributed by atoms with Gasteiger partial charge in [0.05, 0.1) is 11.6 Å². The number of benzene rings is 1. The van der Waals surface area contributed by atoms with Gasteiger partial charge in [0.1, 0.15) is 0 Å². The summed E-state index contributed by atoms with van der Waals surface area (Å²) in [6.45, 7) is 6.79. The van der Waals surface area contributed by atoms with Gasteiger partial charge in [-0.1, -0.05) is 22.9 Å². The van der Waals surface area contributed by atoms with Gasteiger partial charge in [-0.2, -0.15) is 0 Å². The van der Waals surface area contributed by atoms with Crippen molar-refractivity contribution in [3.63, 3.8) is 0 Å². The Labute approximate surface area is 139 Å². The molecule has 2 aromatic rings. The van der Waals surface area contributed by atoms with E-state index in [2.05, 4.69) is 55.0 Å². The monoisotopic (exact) mass is 363 g/mol. The molecule has 0 radical (unpaired) electrons. The maximum absolute atomic E-state index is 9.79. The first kappa shape index (κ1) is 15.7. The van der Waals surface area contributed by atoms with Crippen molar-refractivity contribution in [3.8, 4) is 0 Å². The minimum absolute atomic E-state index is 0.203. The van der Waals surface area contributed by atoms with E-state index in [1.165, 1.54) is 11.1 Å². The summed E-state index contributed by atoms with van der Waals surface area (Å²) in [6, 6.07) is 8.37. The van der Waals surface area contributed by atoms with E-state index in [-0.39, 0.29) is 6.10 Å². The minimum Gasteiger partial charge on any atom is -0.392 e. The molecule has 1 aliphatic rings. The Bertz CT molecular complexity index is 641. The second kappa shape index (κ2) is 6.94. The van der Waals surface area contributed by atoms with Crippen molar-refractivity contribution < 1.29 is 5.11 Å². The zero-order valence-corrected chi connectivity index (χ0v) is 14.5. The number of halogens is 1. The van der Waals surface area contributed by atoms with E-state index in [1.807, 2.05) is 13.1 Å². The molecule has 0 saturated carbocycles. The van der Waals surface area contributed by atoms with Gasteiger partial charge in [-0.15, -0.1) is 0 Å². The molecule has 2 heterocycles. The summed E-state index contributed by atoms with van der Waals surface area (Å²) in [5, 5.41) is 11.0. The highest BCUT2D eigenvalue weighted by atomic mass is 79.9. The lowest BCUT2D eigenvalue weighted by Gasteiger charge is -2.37. The van der Waals surface area contributed by atoms with Crippen molar-refractivity contribution in [2.24, 2.45) is 0 Å². The number of hydrogen-bond donors (Lipinski definition) is 1. The number of rotatable bonds is 4. The summed E-state index contributed by atoms with van der Waals surface area (Å²) >= 11 is 3.51. The van der Waals surface area contributed by atoms with E-state index >= 15 is 0 Å². The van der Waals surface area contributed by atoms with Gasteiger partial charge in [0.2, 0.25) is 0 Å². The molecule has 3 rings (SSSR count). The molecule has 0 spiro atoms. The SMILES string of the molecule is CCC(O)CN1CCN(c2ccnc3cc(Br)ccc23)CC1. The number of piperazine rings is 1. The molecule has 22 heavy (non-hydrogen) atoms. The molecule has 1 atom stereocenters. The summed E-state index contributed by atoms with van der Waals surface area (Å²) in [7, 11) is 0. The summed E-state index contributed by atoms with van der Waals surface area (Å²) in [5.74, 6) is 0. The Morgan fingerprint density at radius 1 is 1.23 bits per heavy atom. The van der Waals surface area contributed by atoms with Gasteiger partial charge in [0.15, 0.2) is 0 Å². The van der Waals surface area contributed by atoms with Gasteiger partial charge in [0.25, 0.3) is 0 Å². The molecule has 0 aliphatic carbocycles. The van der Waals surface area contributed by atoms with Crippen molar-refractivity contribution in [1.29, 1.82) is 0 Å². The molecule has 0 amide bonds. The molecule has 1 aliphatic heterocycles. The number of pyridine rings is 1. The number of hydrogen-bond acceptors (Lipinski definition) is 4. The van der Waals surface area contributed by atoms with Gasteiger partial charge in [-0.05, 0) is 30.7 Å². The van der Waals surface area contributed by atoms with Gasteiger partial charge in [-0.25, -0.2) is 0 Å². The van der Waals surface area contributed by atoms with Crippen LogP contribution in [0.5, 0.6) is 0 Å². The van der Waals surface area contributed by atoms with Crippen molar-refractivity contribution >= 4 is 32.5 Å². The predicted octanol–water partition coefficient (Wildman–Crippen LogP) is 2.89. The van der Waals surface area contributed by atoms with E-state index in [0.717, 1.165) is 49.1 Å². The zero-order chi connectivity index (χ0) is 15.5. The second-order valence-electron chi connectivity index (χ2n) is 5.84. The van der Waals surface area contributed by atoms with Crippen LogP contribution >= 0.6 is 15.9 Å². The molecule has 1 N–H and O–H groups in total. The maximum Gasteiger partial charge on any atom is 0.0734 e. The molecule has 1 unspecified atom stereocenters. The van der Waals surface area contributed by atoms with Crippen molar-refractivity contribution in [3.05, 3.63) is 34.9 Å². The van der Waals surface area contributed by atoms with Crippen LogP contribution < -0.4 is 4.90 Å². The predicted molar refractivity (Wildman–Crippen MR) is 94.4 cm³/mol. The molecule has 1 saturated heterocycles. The smallest absolute Gasteiger partial charge is 0.0734 e. The quantitative estimate of drug-likeness (QED) is 0.906. The van der Waals surface area contributed by atoms with Gasteiger partial charge < -0.3 is 10.0 Å². The largest absolute Gasteiger partial charge is 0.392 e. The number of anilines is 1. The second-order valence-corrected chi connectivity index (χ2v) is 6.76. The summed E-state index contributed by atoms with van der Waals surface area (Å²) < 4.78 is 1.06. The number of fused-ring (bicyclic) bond motifs is 1. The molecular formula is C17H22BrN3O. The molecular weight excluding hydrogens is 342 g/mol. The first-order valence-electron chi connectivity index (χ1n) is 7.87. The van der Waals surface area contributed by atoms with Crippen LogP contribution in [-0.4, -0.2) is 53.8 Å². The van der Waals surface area contributed by atoms with Crippen LogP contribution in [0.15, 0.2) is 34.9 Å². The minimum atomic E-state index is -0.203. The number of aromatic nitrogens is 1. The first-order chi connectivity index (χ1) is 10.7. The van der Waals surface area contributed by atoms with E-state index in [4.69, 9.17) is 0 Å². The average Bonchev–Trinajstić information content (AvgIpc) is 2.54. The zero-order valence-electron chi connectivity index (χ0n) is 12.9. The highest BCUT2D eigenvalue weighted by molar-refractivity contribution is 9.10. The van der Waals surface area contributed by atoms with Gasteiger partial charge in [0, 0.05) is 54.5 Å². The summed E-state index contributed by atoms with van der Waals surface area (Å²) in [4.78, 5) is 9.24. The normalized spacial score (nSPS) is 17.9. The Morgan fingerprint density at radius 2 is 2.00 bits per heavy atom. The number of β-amino-alcohol motifs (C(OH)–C–C–N with tert-alkyl or cyclic N) is 1. The van der Waals surface area contributed by atoms with Crippen LogP contribution in [0.25, 0.3) is 10.9 Å². The third kappa shape index (κ3) is 3.42. The van der Waals surface area contributed by atoms with Crippen LogP contribution in [0.1, 0.15) is 13.3 Å². The van der Waals surface area contributed by atoms with Gasteiger partial charge in [-0.3, -0.25) is 9.88 Å². The average molecular weight is 364 g/mol. The van der Waals surface area contributed by atoms with Crippen molar-refractivity contribution in [2.75, 3.05) is 37.6 Å². The molecule has 1 aromatic heterocycles. The highest BCUT2D eigenvalue weighted by Crippen LogP contribution is 2.28. The fraction of sp³-hybridized carbons (Fsp3) is 0.471. The Hall–Kier alpha value is -1.17. The fourth-order valence-electron chi connectivity index (χ4n) is 2.98. The van der Waals surface area contributed by atoms with E-state index < -0.39 is 0 Å². The highest BCUT2D eigenvalue weighted by Gasteiger charge is 2.20. The summed E-state index contributed by atoms with van der Waals surface area (Å²) in [5.41, 5.74) is 2.28. The van der Waals surface area contributed by atoms with Crippen molar-refractivity contribution in [1.82, 2.24) is 9.88 Å². The fourth-order valence-corrected chi connectivity index (χ4v) is 3.33. The molecule has 5 heteroatoms. The molecule has 118 valence electrons. The topological polar surface area (TPSA) is 39.6 Å². The van der Waals surface area contributed by atoms with Gasteiger partial charge >= 0.3 is 0 Å². The summed E-state index contributed by atoms with van der Waals surface area (Å²) in [6.07, 6.45) is 2.51. The molecule has 4 nitrogen and oxygen atoms in total. The standard InChI is InChI=1S/C17H22BrN3O/c1-2-14(22)12-20-7-9-21(10-8-20)17-5-6-19-16-11-13(18)3-4-15(16)17/h3-6,11,14,22H,2,7-10,12H2,1H3. The van der Waals surface area contributed by atoms with Crippen LogP contribution in [0.3, 0.4) is 0 Å². The van der Waals surface area contributed by atoms with Crippen LogP contribution in [-0.2, 0) is 0 Å². The van der Waals surface area contributed by atoms with Crippen LogP contribution in [0, 0.1) is 0 Å². The van der Waals surface area contributed by atoms with E-state index in [0.29, 0.717) is 0 Å². The number of aliphatic hydroxyl groups is 1. The lowest BCUT2D eigenvalue weighted by Crippen LogP contribution is -2.48. The number of nitrogens with zero attached hydrogens (tertiary/aromatic N) is 3. The Kier molecular flexibility index (Phi) is 4.96. The molecule has 1 fully saturated rings. The van der Waals surface area contributed by atoms with E-state index in [1.54, 1.807) is 0 Å². The lowest BCUT2D eigenvalue weighted by atomic mass is 10.1. The molecule has 1 aromatic carbocycles. The first-order valence-corrected chi connectivity index (χ1v) is 8.66. The Balaban J connectivity index is 1.74. The third-order valence-electron chi connectivity index (χ3n) is 4.33.